The van der Waals surface area contributed by atoms with Crippen LogP contribution in [0.3, 0.4) is 0 Å². The van der Waals surface area contributed by atoms with Crippen LogP contribution in [0.1, 0.15) is 13.3 Å². The zero-order valence-electron chi connectivity index (χ0n) is 6.54. The molecule has 0 aromatic carbocycles. The quantitative estimate of drug-likeness (QED) is 0.528. The van der Waals surface area contributed by atoms with E-state index in [2.05, 4.69) is 18.5 Å². The Balaban J connectivity index is 2.29. The first-order valence-corrected chi connectivity index (χ1v) is 5.38. The number of thioether (sulfide) groups is 1. The molecule has 0 fully saturated rings. The second-order valence-corrected chi connectivity index (χ2v) is 4.31. The number of hydrogen-bond acceptors (Lipinski definition) is 3. The lowest BCUT2D eigenvalue weighted by Gasteiger charge is -1.97. The van der Waals surface area contributed by atoms with Crippen LogP contribution in [0.15, 0.2) is 28.1 Å². The van der Waals surface area contributed by atoms with Crippen molar-refractivity contribution in [3.63, 3.8) is 0 Å². The van der Waals surface area contributed by atoms with Gasteiger partial charge in [-0.15, -0.1) is 11.3 Å². The fourth-order valence-electron chi connectivity index (χ4n) is 0.548. The molecule has 0 saturated heterocycles. The molecule has 0 bridgehead atoms. The van der Waals surface area contributed by atoms with Gasteiger partial charge in [-0.2, -0.15) is 0 Å². The topological polar surface area (TPSA) is 12.9 Å². The minimum Gasteiger partial charge on any atom is -0.238 e. The molecule has 0 aliphatic carbocycles. The highest BCUT2D eigenvalue weighted by atomic mass is 32.2. The van der Waals surface area contributed by atoms with Crippen LogP contribution in [0, 0.1) is 0 Å². The molecule has 0 aliphatic rings. The maximum Gasteiger partial charge on any atom is 0.150 e. The van der Waals surface area contributed by atoms with Crippen molar-refractivity contribution in [1.29, 1.82) is 0 Å². The Morgan fingerprint density at radius 2 is 2.64 bits per heavy atom. The smallest absolute Gasteiger partial charge is 0.150 e. The molecule has 1 heterocycles. The van der Waals surface area contributed by atoms with Crippen LogP contribution in [0.4, 0.5) is 0 Å². The molecule has 60 valence electrons. The van der Waals surface area contributed by atoms with Gasteiger partial charge in [0, 0.05) is 17.3 Å². The third-order valence-corrected chi connectivity index (χ3v) is 3.42. The van der Waals surface area contributed by atoms with Crippen molar-refractivity contribution in [2.75, 3.05) is 5.75 Å². The second kappa shape index (κ2) is 4.57. The van der Waals surface area contributed by atoms with Gasteiger partial charge >= 0.3 is 0 Å². The summed E-state index contributed by atoms with van der Waals surface area (Å²) in [6, 6.07) is 0. The first-order valence-electron chi connectivity index (χ1n) is 3.52. The van der Waals surface area contributed by atoms with E-state index in [9.17, 15) is 0 Å². The van der Waals surface area contributed by atoms with E-state index in [1.165, 1.54) is 5.57 Å². The average Bonchev–Trinajstić information content (AvgIpc) is 2.52. The number of thiazole rings is 1. The highest BCUT2D eigenvalue weighted by Gasteiger charge is 1.96. The molecule has 1 aromatic heterocycles. The monoisotopic (exact) mass is 185 g/mol. The van der Waals surface area contributed by atoms with E-state index >= 15 is 0 Å². The number of aromatic nitrogens is 1. The van der Waals surface area contributed by atoms with Crippen molar-refractivity contribution in [2.24, 2.45) is 0 Å². The van der Waals surface area contributed by atoms with Crippen LogP contribution in [0.25, 0.3) is 0 Å². The third-order valence-electron chi connectivity index (χ3n) is 1.31. The molecule has 1 nitrogen and oxygen atoms in total. The van der Waals surface area contributed by atoms with Crippen molar-refractivity contribution < 1.29 is 0 Å². The summed E-state index contributed by atoms with van der Waals surface area (Å²) in [7, 11) is 0. The summed E-state index contributed by atoms with van der Waals surface area (Å²) in [5.41, 5.74) is 1.28. The molecule has 0 aliphatic heterocycles. The molecule has 0 amide bonds. The van der Waals surface area contributed by atoms with E-state index in [1.807, 2.05) is 11.6 Å². The van der Waals surface area contributed by atoms with Crippen LogP contribution >= 0.6 is 23.1 Å². The molecule has 0 unspecified atom stereocenters. The molecule has 0 N–H and O–H groups in total. The largest absolute Gasteiger partial charge is 0.238 e. The summed E-state index contributed by atoms with van der Waals surface area (Å²) in [5.74, 6) is 1.00. The predicted molar refractivity (Wildman–Crippen MR) is 52.3 cm³/mol. The van der Waals surface area contributed by atoms with Crippen LogP contribution in [0.5, 0.6) is 0 Å². The Labute approximate surface area is 75.5 Å². The van der Waals surface area contributed by atoms with Crippen molar-refractivity contribution >= 4 is 23.1 Å². The normalized spacial score (nSPS) is 9.91. The van der Waals surface area contributed by atoms with Gasteiger partial charge in [-0.1, -0.05) is 30.8 Å². The fourth-order valence-corrected chi connectivity index (χ4v) is 2.19. The molecule has 11 heavy (non-hydrogen) atoms. The van der Waals surface area contributed by atoms with E-state index in [0.29, 0.717) is 0 Å². The van der Waals surface area contributed by atoms with E-state index in [1.54, 1.807) is 23.1 Å². The average molecular weight is 185 g/mol. The molecule has 1 rings (SSSR count). The van der Waals surface area contributed by atoms with Crippen LogP contribution in [-0.4, -0.2) is 10.7 Å². The van der Waals surface area contributed by atoms with E-state index < -0.39 is 0 Å². The molecular weight excluding hydrogens is 174 g/mol. The van der Waals surface area contributed by atoms with Gasteiger partial charge in [0.25, 0.3) is 0 Å². The first kappa shape index (κ1) is 8.81. The van der Waals surface area contributed by atoms with Crippen molar-refractivity contribution in [3.05, 3.63) is 23.7 Å². The molecule has 0 radical (unpaired) electrons. The Morgan fingerprint density at radius 3 is 3.18 bits per heavy atom. The number of rotatable bonds is 4. The molecule has 0 spiro atoms. The molecule has 0 atom stereocenters. The SMILES string of the molecule is C=C(CC)CSc1nccs1. The lowest BCUT2D eigenvalue weighted by Crippen LogP contribution is -1.81. The molecule has 3 heteroatoms. The van der Waals surface area contributed by atoms with Crippen molar-refractivity contribution in [3.8, 4) is 0 Å². The fraction of sp³-hybridized carbons (Fsp3) is 0.375. The van der Waals surface area contributed by atoms with Gasteiger partial charge in [0.1, 0.15) is 4.34 Å². The Morgan fingerprint density at radius 1 is 1.82 bits per heavy atom. The van der Waals surface area contributed by atoms with Crippen LogP contribution < -0.4 is 0 Å². The summed E-state index contributed by atoms with van der Waals surface area (Å²) in [6.45, 7) is 6.06. The van der Waals surface area contributed by atoms with E-state index in [4.69, 9.17) is 0 Å². The lowest BCUT2D eigenvalue weighted by molar-refractivity contribution is 1.11. The Bertz CT molecular complexity index is 216. The number of hydrogen-bond donors (Lipinski definition) is 0. The summed E-state index contributed by atoms with van der Waals surface area (Å²) >= 11 is 3.45. The standard InChI is InChI=1S/C8H11NS2/c1-3-7(2)6-11-8-9-4-5-10-8/h4-5H,2-3,6H2,1H3. The summed E-state index contributed by atoms with van der Waals surface area (Å²) in [4.78, 5) is 4.16. The summed E-state index contributed by atoms with van der Waals surface area (Å²) < 4.78 is 1.14. The van der Waals surface area contributed by atoms with Gasteiger partial charge in [-0.3, -0.25) is 0 Å². The second-order valence-electron chi connectivity index (χ2n) is 2.19. The van der Waals surface area contributed by atoms with Crippen molar-refractivity contribution in [1.82, 2.24) is 4.98 Å². The molecular formula is C8H11NS2. The number of nitrogens with zero attached hydrogens (tertiary/aromatic N) is 1. The minimum atomic E-state index is 1.00. The van der Waals surface area contributed by atoms with Crippen LogP contribution in [0.2, 0.25) is 0 Å². The zero-order valence-corrected chi connectivity index (χ0v) is 8.17. The van der Waals surface area contributed by atoms with E-state index in [-0.39, 0.29) is 0 Å². The van der Waals surface area contributed by atoms with E-state index in [0.717, 1.165) is 16.5 Å². The van der Waals surface area contributed by atoms with Crippen LogP contribution in [-0.2, 0) is 0 Å². The van der Waals surface area contributed by atoms with Gasteiger partial charge < -0.3 is 0 Å². The van der Waals surface area contributed by atoms with Gasteiger partial charge in [0.05, 0.1) is 0 Å². The lowest BCUT2D eigenvalue weighted by atomic mass is 10.3. The van der Waals surface area contributed by atoms with Gasteiger partial charge in [-0.25, -0.2) is 4.98 Å². The first-order chi connectivity index (χ1) is 5.33. The molecule has 1 aromatic rings. The highest BCUT2D eigenvalue weighted by Crippen LogP contribution is 2.22. The third kappa shape index (κ3) is 3.08. The minimum absolute atomic E-state index is 1.00. The zero-order chi connectivity index (χ0) is 8.10. The maximum atomic E-state index is 4.16. The Kier molecular flexibility index (Phi) is 3.66. The predicted octanol–water partition coefficient (Wildman–Crippen LogP) is 3.20. The summed E-state index contributed by atoms with van der Waals surface area (Å²) in [6.07, 6.45) is 2.90. The van der Waals surface area contributed by atoms with Gasteiger partial charge in [0.15, 0.2) is 0 Å². The van der Waals surface area contributed by atoms with Gasteiger partial charge in [0.2, 0.25) is 0 Å². The van der Waals surface area contributed by atoms with Gasteiger partial charge in [-0.05, 0) is 6.42 Å². The highest BCUT2D eigenvalue weighted by molar-refractivity contribution is 8.01. The summed E-state index contributed by atoms with van der Waals surface area (Å²) in [5, 5.41) is 2.00. The maximum absolute atomic E-state index is 4.16. The van der Waals surface area contributed by atoms with Crippen molar-refractivity contribution in [2.45, 2.75) is 17.7 Å². The molecule has 0 saturated carbocycles. The Hall–Kier alpha value is -0.280.